The number of aromatic carboxylic acids is 1. The number of carboxylic acids is 1. The van der Waals surface area contributed by atoms with Crippen molar-refractivity contribution < 1.29 is 14.7 Å². The SMILES string of the molecule is O=CNc1cccc2ccc(C(=O)O)nc12. The molecule has 1 aromatic heterocycles. The van der Waals surface area contributed by atoms with Gasteiger partial charge in [-0.1, -0.05) is 18.2 Å². The molecule has 2 rings (SSSR count). The largest absolute Gasteiger partial charge is 0.477 e. The van der Waals surface area contributed by atoms with Crippen LogP contribution in [-0.4, -0.2) is 22.5 Å². The Hall–Kier alpha value is -2.43. The number of anilines is 1. The van der Waals surface area contributed by atoms with E-state index in [9.17, 15) is 9.59 Å². The van der Waals surface area contributed by atoms with E-state index < -0.39 is 5.97 Å². The van der Waals surface area contributed by atoms with Crippen LogP contribution < -0.4 is 5.32 Å². The molecule has 1 heterocycles. The molecule has 0 radical (unpaired) electrons. The van der Waals surface area contributed by atoms with Crippen molar-refractivity contribution in [1.82, 2.24) is 4.98 Å². The zero-order valence-electron chi connectivity index (χ0n) is 8.18. The maximum absolute atomic E-state index is 10.8. The zero-order chi connectivity index (χ0) is 11.5. The van der Waals surface area contributed by atoms with Crippen LogP contribution in [0.1, 0.15) is 10.5 Å². The van der Waals surface area contributed by atoms with Crippen LogP contribution in [0, 0.1) is 0 Å². The predicted octanol–water partition coefficient (Wildman–Crippen LogP) is 1.50. The number of benzene rings is 1. The minimum Gasteiger partial charge on any atom is -0.477 e. The highest BCUT2D eigenvalue weighted by Gasteiger charge is 2.07. The Morgan fingerprint density at radius 1 is 1.31 bits per heavy atom. The van der Waals surface area contributed by atoms with Crippen molar-refractivity contribution in [2.24, 2.45) is 0 Å². The fraction of sp³-hybridized carbons (Fsp3) is 0. The molecule has 5 nitrogen and oxygen atoms in total. The number of hydrogen-bond acceptors (Lipinski definition) is 3. The Morgan fingerprint density at radius 2 is 2.12 bits per heavy atom. The van der Waals surface area contributed by atoms with E-state index in [1.54, 1.807) is 24.3 Å². The highest BCUT2D eigenvalue weighted by atomic mass is 16.4. The summed E-state index contributed by atoms with van der Waals surface area (Å²) in [7, 11) is 0. The number of nitrogens with zero attached hydrogens (tertiary/aromatic N) is 1. The second-order valence-corrected chi connectivity index (χ2v) is 3.14. The highest BCUT2D eigenvalue weighted by molar-refractivity contribution is 5.97. The molecule has 2 N–H and O–H groups in total. The molecule has 5 heteroatoms. The fourth-order valence-corrected chi connectivity index (χ4v) is 1.45. The van der Waals surface area contributed by atoms with Crippen molar-refractivity contribution in [2.75, 3.05) is 5.32 Å². The van der Waals surface area contributed by atoms with E-state index in [1.165, 1.54) is 6.07 Å². The Labute approximate surface area is 90.7 Å². The van der Waals surface area contributed by atoms with Gasteiger partial charge in [0.15, 0.2) is 0 Å². The van der Waals surface area contributed by atoms with Crippen LogP contribution in [-0.2, 0) is 4.79 Å². The summed E-state index contributed by atoms with van der Waals surface area (Å²) in [6.07, 6.45) is 0.532. The van der Waals surface area contributed by atoms with E-state index in [-0.39, 0.29) is 5.69 Å². The van der Waals surface area contributed by atoms with Crippen molar-refractivity contribution in [3.63, 3.8) is 0 Å². The second kappa shape index (κ2) is 3.98. The predicted molar refractivity (Wildman–Crippen MR) is 58.4 cm³/mol. The number of pyridine rings is 1. The van der Waals surface area contributed by atoms with Gasteiger partial charge < -0.3 is 10.4 Å². The Morgan fingerprint density at radius 3 is 2.81 bits per heavy atom. The number of aromatic nitrogens is 1. The number of nitrogens with one attached hydrogen (secondary N) is 1. The molecule has 2 aromatic rings. The summed E-state index contributed by atoms with van der Waals surface area (Å²) in [6.45, 7) is 0. The number of rotatable bonds is 3. The van der Waals surface area contributed by atoms with Gasteiger partial charge in [-0.3, -0.25) is 4.79 Å². The first-order chi connectivity index (χ1) is 7.72. The van der Waals surface area contributed by atoms with Crippen molar-refractivity contribution in [2.45, 2.75) is 0 Å². The number of amides is 1. The van der Waals surface area contributed by atoms with Crippen LogP contribution in [0.25, 0.3) is 10.9 Å². The molecule has 0 aliphatic carbocycles. The van der Waals surface area contributed by atoms with Crippen LogP contribution in [0.4, 0.5) is 5.69 Å². The van der Waals surface area contributed by atoms with E-state index in [2.05, 4.69) is 10.3 Å². The van der Waals surface area contributed by atoms with Crippen molar-refractivity contribution >= 4 is 29.0 Å². The monoisotopic (exact) mass is 216 g/mol. The molecule has 80 valence electrons. The van der Waals surface area contributed by atoms with E-state index >= 15 is 0 Å². The molecule has 0 spiro atoms. The lowest BCUT2D eigenvalue weighted by Gasteiger charge is -2.04. The lowest BCUT2D eigenvalue weighted by atomic mass is 10.1. The van der Waals surface area contributed by atoms with Gasteiger partial charge in [0.05, 0.1) is 11.2 Å². The molecule has 0 aliphatic heterocycles. The third-order valence-corrected chi connectivity index (χ3v) is 2.15. The third kappa shape index (κ3) is 1.70. The molecular formula is C11H8N2O3. The molecule has 0 saturated heterocycles. The highest BCUT2D eigenvalue weighted by Crippen LogP contribution is 2.21. The Balaban J connectivity index is 2.67. The van der Waals surface area contributed by atoms with Crippen molar-refractivity contribution in [1.29, 1.82) is 0 Å². The first-order valence-electron chi connectivity index (χ1n) is 4.55. The normalized spacial score (nSPS) is 10.0. The average molecular weight is 216 g/mol. The quantitative estimate of drug-likeness (QED) is 0.762. The van der Waals surface area contributed by atoms with Crippen molar-refractivity contribution in [3.05, 3.63) is 36.0 Å². The van der Waals surface area contributed by atoms with Gasteiger partial charge in [-0.05, 0) is 12.1 Å². The zero-order valence-corrected chi connectivity index (χ0v) is 8.18. The van der Waals surface area contributed by atoms with Gasteiger partial charge in [0, 0.05) is 5.39 Å². The van der Waals surface area contributed by atoms with Crippen LogP contribution in [0.15, 0.2) is 30.3 Å². The average Bonchev–Trinajstić information content (AvgIpc) is 2.29. The fourth-order valence-electron chi connectivity index (χ4n) is 1.45. The maximum Gasteiger partial charge on any atom is 0.354 e. The second-order valence-electron chi connectivity index (χ2n) is 3.14. The van der Waals surface area contributed by atoms with E-state index in [4.69, 9.17) is 5.11 Å². The molecule has 1 amide bonds. The number of carbonyl (C=O) groups is 2. The van der Waals surface area contributed by atoms with Crippen molar-refractivity contribution in [3.8, 4) is 0 Å². The molecule has 0 fully saturated rings. The lowest BCUT2D eigenvalue weighted by Crippen LogP contribution is -2.02. The Bertz CT molecular complexity index is 566. The van der Waals surface area contributed by atoms with Crippen LogP contribution in [0.2, 0.25) is 0 Å². The molecule has 0 saturated carbocycles. The van der Waals surface area contributed by atoms with E-state index in [1.807, 2.05) is 0 Å². The number of carbonyl (C=O) groups excluding carboxylic acids is 1. The Kier molecular flexibility index (Phi) is 2.51. The van der Waals surface area contributed by atoms with Gasteiger partial charge in [0.25, 0.3) is 0 Å². The molecular weight excluding hydrogens is 208 g/mol. The summed E-state index contributed by atoms with van der Waals surface area (Å²) in [5.74, 6) is -1.09. The van der Waals surface area contributed by atoms with Crippen LogP contribution in [0.5, 0.6) is 0 Å². The smallest absolute Gasteiger partial charge is 0.354 e. The first-order valence-corrected chi connectivity index (χ1v) is 4.55. The molecule has 0 unspecified atom stereocenters. The van der Waals surface area contributed by atoms with Gasteiger partial charge in [0.1, 0.15) is 5.69 Å². The van der Waals surface area contributed by atoms with Gasteiger partial charge in [-0.25, -0.2) is 9.78 Å². The molecule has 0 aliphatic rings. The van der Waals surface area contributed by atoms with Gasteiger partial charge >= 0.3 is 5.97 Å². The lowest BCUT2D eigenvalue weighted by molar-refractivity contribution is -0.105. The number of para-hydroxylation sites is 1. The molecule has 0 atom stereocenters. The minimum atomic E-state index is -1.09. The number of hydrogen-bond donors (Lipinski definition) is 2. The standard InChI is InChI=1S/C11H8N2O3/c14-6-12-8-3-1-2-7-4-5-9(11(15)16)13-10(7)8/h1-6H,(H,12,14)(H,15,16). The maximum atomic E-state index is 10.8. The summed E-state index contributed by atoms with van der Waals surface area (Å²) in [5.41, 5.74) is 0.915. The minimum absolute atomic E-state index is 0.0485. The molecule has 1 aromatic carbocycles. The summed E-state index contributed by atoms with van der Waals surface area (Å²) < 4.78 is 0. The van der Waals surface area contributed by atoms with Crippen LogP contribution >= 0.6 is 0 Å². The number of fused-ring (bicyclic) bond motifs is 1. The summed E-state index contributed by atoms with van der Waals surface area (Å²) >= 11 is 0. The number of carboxylic acid groups (broad SMARTS) is 1. The topological polar surface area (TPSA) is 79.3 Å². The van der Waals surface area contributed by atoms with Crippen LogP contribution in [0.3, 0.4) is 0 Å². The third-order valence-electron chi connectivity index (χ3n) is 2.15. The summed E-state index contributed by atoms with van der Waals surface area (Å²) in [5, 5.41) is 12.1. The summed E-state index contributed by atoms with van der Waals surface area (Å²) in [4.78, 5) is 25.1. The van der Waals surface area contributed by atoms with Gasteiger partial charge in [0.2, 0.25) is 6.41 Å². The van der Waals surface area contributed by atoms with E-state index in [0.717, 1.165) is 5.39 Å². The van der Waals surface area contributed by atoms with E-state index in [0.29, 0.717) is 17.6 Å². The van der Waals surface area contributed by atoms with Gasteiger partial charge in [-0.15, -0.1) is 0 Å². The molecule has 0 bridgehead atoms. The van der Waals surface area contributed by atoms with Gasteiger partial charge in [-0.2, -0.15) is 0 Å². The first kappa shape index (κ1) is 10.1. The summed E-state index contributed by atoms with van der Waals surface area (Å²) in [6, 6.07) is 8.30. The molecule has 16 heavy (non-hydrogen) atoms.